The second kappa shape index (κ2) is 5.31. The zero-order chi connectivity index (χ0) is 14.0. The molecule has 0 bridgehead atoms. The maximum absolute atomic E-state index is 11.3. The smallest absolute Gasteiger partial charge is 0.192 e. The van der Waals surface area contributed by atoms with Crippen molar-refractivity contribution in [3.63, 3.8) is 0 Å². The SMILES string of the molecule is CCc1ccc(-c2ccc(S(C)(=O)=O)nc2)cc1Cl. The monoisotopic (exact) mass is 295 g/mol. The standard InChI is InChI=1S/C14H14ClNO2S/c1-3-10-4-5-11(8-13(10)15)12-6-7-14(16-9-12)19(2,17)18/h4-9H,3H2,1-2H3. The van der Waals surface area contributed by atoms with E-state index in [2.05, 4.69) is 4.98 Å². The summed E-state index contributed by atoms with van der Waals surface area (Å²) in [4.78, 5) is 3.97. The summed E-state index contributed by atoms with van der Waals surface area (Å²) in [6, 6.07) is 9.05. The summed E-state index contributed by atoms with van der Waals surface area (Å²) in [6.45, 7) is 2.04. The third kappa shape index (κ3) is 3.14. The number of nitrogens with zero attached hydrogens (tertiary/aromatic N) is 1. The first-order valence-electron chi connectivity index (χ1n) is 5.86. The highest BCUT2D eigenvalue weighted by atomic mass is 35.5. The summed E-state index contributed by atoms with van der Waals surface area (Å²) in [6.07, 6.45) is 3.57. The Labute approximate surface area is 118 Å². The van der Waals surface area contributed by atoms with E-state index in [1.165, 1.54) is 6.07 Å². The van der Waals surface area contributed by atoms with E-state index < -0.39 is 9.84 Å². The molecule has 1 aromatic carbocycles. The molecule has 0 aliphatic heterocycles. The Kier molecular flexibility index (Phi) is 3.92. The lowest BCUT2D eigenvalue weighted by molar-refractivity contribution is 0.598. The normalized spacial score (nSPS) is 11.5. The van der Waals surface area contributed by atoms with Gasteiger partial charge in [-0.25, -0.2) is 13.4 Å². The van der Waals surface area contributed by atoms with Crippen molar-refractivity contribution in [3.05, 3.63) is 47.1 Å². The number of aryl methyl sites for hydroxylation is 1. The van der Waals surface area contributed by atoms with Gasteiger partial charge in [-0.15, -0.1) is 0 Å². The maximum Gasteiger partial charge on any atom is 0.192 e. The number of benzene rings is 1. The predicted molar refractivity (Wildman–Crippen MR) is 77.2 cm³/mol. The number of aromatic nitrogens is 1. The Morgan fingerprint density at radius 2 is 1.84 bits per heavy atom. The van der Waals surface area contributed by atoms with Gasteiger partial charge in [0.05, 0.1) is 0 Å². The zero-order valence-electron chi connectivity index (χ0n) is 10.7. The van der Waals surface area contributed by atoms with Crippen molar-refractivity contribution in [2.45, 2.75) is 18.4 Å². The van der Waals surface area contributed by atoms with E-state index in [1.54, 1.807) is 12.3 Å². The molecule has 100 valence electrons. The molecule has 0 N–H and O–H groups in total. The lowest BCUT2D eigenvalue weighted by atomic mass is 10.0. The van der Waals surface area contributed by atoms with Gasteiger partial charge in [-0.3, -0.25) is 0 Å². The molecular weight excluding hydrogens is 282 g/mol. The largest absolute Gasteiger partial charge is 0.244 e. The first-order valence-corrected chi connectivity index (χ1v) is 8.13. The quantitative estimate of drug-likeness (QED) is 0.872. The minimum atomic E-state index is -3.26. The Morgan fingerprint density at radius 3 is 2.32 bits per heavy atom. The van der Waals surface area contributed by atoms with Crippen LogP contribution < -0.4 is 0 Å². The fourth-order valence-electron chi connectivity index (χ4n) is 1.78. The van der Waals surface area contributed by atoms with Gasteiger partial charge in [0.25, 0.3) is 0 Å². The van der Waals surface area contributed by atoms with Crippen LogP contribution in [0.25, 0.3) is 11.1 Å². The van der Waals surface area contributed by atoms with Gasteiger partial charge in [-0.1, -0.05) is 30.7 Å². The van der Waals surface area contributed by atoms with Crippen LogP contribution in [0.4, 0.5) is 0 Å². The average Bonchev–Trinajstić information content (AvgIpc) is 2.38. The molecule has 0 saturated carbocycles. The minimum absolute atomic E-state index is 0.0764. The Balaban J connectivity index is 2.40. The third-order valence-corrected chi connectivity index (χ3v) is 4.24. The Bertz CT molecular complexity index is 694. The van der Waals surface area contributed by atoms with Crippen molar-refractivity contribution in [3.8, 4) is 11.1 Å². The van der Waals surface area contributed by atoms with Crippen LogP contribution in [-0.4, -0.2) is 19.7 Å². The fourth-order valence-corrected chi connectivity index (χ4v) is 2.66. The molecule has 0 spiro atoms. The predicted octanol–water partition coefficient (Wildman–Crippen LogP) is 3.37. The van der Waals surface area contributed by atoms with Crippen molar-refractivity contribution < 1.29 is 8.42 Å². The highest BCUT2D eigenvalue weighted by Gasteiger charge is 2.09. The van der Waals surface area contributed by atoms with Gasteiger partial charge in [0.1, 0.15) is 0 Å². The number of sulfone groups is 1. The van der Waals surface area contributed by atoms with Gasteiger partial charge in [-0.05, 0) is 35.7 Å². The van der Waals surface area contributed by atoms with Crippen molar-refractivity contribution in [1.82, 2.24) is 4.98 Å². The third-order valence-electron chi connectivity index (χ3n) is 2.88. The van der Waals surface area contributed by atoms with E-state index in [0.717, 1.165) is 29.4 Å². The van der Waals surface area contributed by atoms with Gasteiger partial charge in [0.15, 0.2) is 14.9 Å². The van der Waals surface area contributed by atoms with Crippen LogP contribution in [0.5, 0.6) is 0 Å². The van der Waals surface area contributed by atoms with E-state index >= 15 is 0 Å². The molecule has 0 atom stereocenters. The molecule has 0 aliphatic carbocycles. The maximum atomic E-state index is 11.3. The number of hydrogen-bond donors (Lipinski definition) is 0. The molecule has 0 unspecified atom stereocenters. The van der Waals surface area contributed by atoms with Crippen molar-refractivity contribution in [2.75, 3.05) is 6.26 Å². The fraction of sp³-hybridized carbons (Fsp3) is 0.214. The van der Waals surface area contributed by atoms with Crippen LogP contribution in [-0.2, 0) is 16.3 Å². The summed E-state index contributed by atoms with van der Waals surface area (Å²) < 4.78 is 22.7. The lowest BCUT2D eigenvalue weighted by Crippen LogP contribution is -1.99. The van der Waals surface area contributed by atoms with Gasteiger partial charge in [-0.2, -0.15) is 0 Å². The number of hydrogen-bond acceptors (Lipinski definition) is 3. The Hall–Kier alpha value is -1.39. The van der Waals surface area contributed by atoms with Crippen LogP contribution in [0.2, 0.25) is 5.02 Å². The average molecular weight is 296 g/mol. The molecule has 0 amide bonds. The van der Waals surface area contributed by atoms with E-state index in [9.17, 15) is 8.42 Å². The summed E-state index contributed by atoms with van der Waals surface area (Å²) in [5.41, 5.74) is 2.86. The highest BCUT2D eigenvalue weighted by molar-refractivity contribution is 7.90. The second-order valence-electron chi connectivity index (χ2n) is 4.32. The molecule has 3 nitrogen and oxygen atoms in total. The minimum Gasteiger partial charge on any atom is -0.244 e. The molecule has 0 saturated heterocycles. The number of pyridine rings is 1. The molecule has 2 rings (SSSR count). The number of halogens is 1. The molecule has 0 radical (unpaired) electrons. The summed E-state index contributed by atoms with van der Waals surface area (Å²) in [7, 11) is -3.26. The van der Waals surface area contributed by atoms with Crippen LogP contribution in [0, 0.1) is 0 Å². The van der Waals surface area contributed by atoms with Gasteiger partial charge >= 0.3 is 0 Å². The lowest BCUT2D eigenvalue weighted by Gasteiger charge is -2.06. The molecule has 0 aliphatic rings. The van der Waals surface area contributed by atoms with Crippen LogP contribution in [0.15, 0.2) is 41.6 Å². The van der Waals surface area contributed by atoms with Crippen molar-refractivity contribution >= 4 is 21.4 Å². The summed E-state index contributed by atoms with van der Waals surface area (Å²) >= 11 is 6.17. The number of rotatable bonds is 3. The molecule has 5 heteroatoms. The van der Waals surface area contributed by atoms with E-state index in [1.807, 2.05) is 25.1 Å². The van der Waals surface area contributed by atoms with Gasteiger partial charge in [0.2, 0.25) is 0 Å². The van der Waals surface area contributed by atoms with Crippen LogP contribution >= 0.6 is 11.6 Å². The van der Waals surface area contributed by atoms with Gasteiger partial charge < -0.3 is 0 Å². The van der Waals surface area contributed by atoms with Crippen LogP contribution in [0.3, 0.4) is 0 Å². The Morgan fingerprint density at radius 1 is 1.16 bits per heavy atom. The molecule has 2 aromatic rings. The van der Waals surface area contributed by atoms with E-state index in [0.29, 0.717) is 5.02 Å². The second-order valence-corrected chi connectivity index (χ2v) is 6.69. The molecule has 1 heterocycles. The molecule has 19 heavy (non-hydrogen) atoms. The highest BCUT2D eigenvalue weighted by Crippen LogP contribution is 2.26. The first kappa shape index (κ1) is 14.0. The molecule has 1 aromatic heterocycles. The van der Waals surface area contributed by atoms with Gasteiger partial charge in [0, 0.05) is 23.0 Å². The zero-order valence-corrected chi connectivity index (χ0v) is 12.3. The van der Waals surface area contributed by atoms with Crippen LogP contribution in [0.1, 0.15) is 12.5 Å². The van der Waals surface area contributed by atoms with Crippen molar-refractivity contribution in [1.29, 1.82) is 0 Å². The van der Waals surface area contributed by atoms with Crippen molar-refractivity contribution in [2.24, 2.45) is 0 Å². The first-order chi connectivity index (χ1) is 8.91. The summed E-state index contributed by atoms with van der Waals surface area (Å²) in [5, 5.41) is 0.791. The van der Waals surface area contributed by atoms with E-state index in [4.69, 9.17) is 11.6 Å². The summed E-state index contributed by atoms with van der Waals surface area (Å²) in [5.74, 6) is 0. The molecular formula is C14H14ClNO2S. The topological polar surface area (TPSA) is 47.0 Å². The van der Waals surface area contributed by atoms with E-state index in [-0.39, 0.29) is 5.03 Å². The molecule has 0 fully saturated rings.